The Morgan fingerprint density at radius 1 is 1.38 bits per heavy atom. The van der Waals surface area contributed by atoms with Crippen LogP contribution in [0.4, 0.5) is 0 Å². The van der Waals surface area contributed by atoms with Gasteiger partial charge in [-0.05, 0) is 6.92 Å². The van der Waals surface area contributed by atoms with Gasteiger partial charge in [0, 0.05) is 12.5 Å². The largest absolute Gasteiger partial charge is 0.308 e. The summed E-state index contributed by atoms with van der Waals surface area (Å²) in [7, 11) is -2.77. The van der Waals surface area contributed by atoms with Crippen molar-refractivity contribution in [1.29, 1.82) is 0 Å². The van der Waals surface area contributed by atoms with E-state index in [0.29, 0.717) is 6.61 Å². The quantitative estimate of drug-likeness (QED) is 0.730. The molecular weight excluding hydrogens is 220 g/mol. The van der Waals surface area contributed by atoms with Crippen LogP contribution in [0.3, 0.4) is 0 Å². The molecule has 0 aromatic heterocycles. The normalized spacial score (nSPS) is 16.3. The van der Waals surface area contributed by atoms with Gasteiger partial charge in [0.15, 0.2) is 0 Å². The van der Waals surface area contributed by atoms with Gasteiger partial charge in [-0.3, -0.25) is 8.37 Å². The third kappa shape index (κ3) is 47.2. The first-order valence-electron chi connectivity index (χ1n) is 3.25. The Hall–Kier alpha value is 0.140. The van der Waals surface area contributed by atoms with Crippen LogP contribution in [-0.2, 0) is 29.4 Å². The highest BCUT2D eigenvalue weighted by Gasteiger charge is 2.10. The van der Waals surface area contributed by atoms with E-state index in [4.69, 9.17) is 9.11 Å². The minimum absolute atomic E-state index is 0.417. The molecular formula is C5H16O6S2. The topological polar surface area (TPSA) is 93.1 Å². The molecule has 0 aliphatic heterocycles. The summed E-state index contributed by atoms with van der Waals surface area (Å²) >= 11 is -1.53. The van der Waals surface area contributed by atoms with Gasteiger partial charge in [0.25, 0.3) is 0 Å². The molecule has 0 amide bonds. The van der Waals surface area contributed by atoms with Crippen molar-refractivity contribution in [3.63, 3.8) is 0 Å². The zero-order chi connectivity index (χ0) is 11.1. The van der Waals surface area contributed by atoms with Crippen LogP contribution in [0.2, 0.25) is 0 Å². The molecule has 8 heteroatoms. The highest BCUT2D eigenvalue weighted by molar-refractivity contribution is 8.08. The maximum absolute atomic E-state index is 10.1. The van der Waals surface area contributed by atoms with Crippen molar-refractivity contribution in [1.82, 2.24) is 0 Å². The summed E-state index contributed by atoms with van der Waals surface area (Å²) in [5.74, 6) is 0. The lowest BCUT2D eigenvalue weighted by Crippen LogP contribution is -2.25. The molecule has 1 atom stereocenters. The van der Waals surface area contributed by atoms with Crippen LogP contribution < -0.4 is 0 Å². The van der Waals surface area contributed by atoms with Crippen LogP contribution in [-0.4, -0.2) is 43.8 Å². The molecule has 84 valence electrons. The van der Waals surface area contributed by atoms with Crippen molar-refractivity contribution in [2.45, 2.75) is 6.92 Å². The average molecular weight is 236 g/mol. The molecule has 13 heavy (non-hydrogen) atoms. The highest BCUT2D eigenvalue weighted by Crippen LogP contribution is 2.00. The van der Waals surface area contributed by atoms with Gasteiger partial charge in [-0.1, -0.05) is 0 Å². The van der Waals surface area contributed by atoms with E-state index in [2.05, 4.69) is 8.37 Å². The minimum Gasteiger partial charge on any atom is -0.308 e. The van der Waals surface area contributed by atoms with E-state index < -0.39 is 21.0 Å². The Morgan fingerprint density at radius 2 is 1.69 bits per heavy atom. The smallest absolute Gasteiger partial charge is 0.304 e. The molecule has 0 aliphatic rings. The average Bonchev–Trinajstić information content (AvgIpc) is 1.83. The van der Waals surface area contributed by atoms with Gasteiger partial charge >= 0.3 is 11.4 Å². The van der Waals surface area contributed by atoms with Crippen LogP contribution in [0.1, 0.15) is 6.92 Å². The molecule has 2 N–H and O–H groups in total. The van der Waals surface area contributed by atoms with E-state index in [1.165, 1.54) is 7.11 Å². The van der Waals surface area contributed by atoms with E-state index in [1.54, 1.807) is 6.92 Å². The van der Waals surface area contributed by atoms with E-state index in [-0.39, 0.29) is 0 Å². The van der Waals surface area contributed by atoms with E-state index in [1.807, 2.05) is 0 Å². The van der Waals surface area contributed by atoms with Crippen molar-refractivity contribution in [3.05, 3.63) is 0 Å². The summed E-state index contributed by atoms with van der Waals surface area (Å²) in [4.78, 5) is 0. The van der Waals surface area contributed by atoms with E-state index in [0.717, 1.165) is 12.5 Å². The van der Waals surface area contributed by atoms with Gasteiger partial charge in [0.1, 0.15) is 0 Å². The van der Waals surface area contributed by atoms with Gasteiger partial charge in [-0.15, -0.1) is 0 Å². The lowest BCUT2D eigenvalue weighted by Gasteiger charge is -2.16. The molecule has 0 bridgehead atoms. The predicted octanol–water partition coefficient (Wildman–Crippen LogP) is 0.260. The lowest BCUT2D eigenvalue weighted by molar-refractivity contribution is 0.296. The van der Waals surface area contributed by atoms with Crippen molar-refractivity contribution >= 4 is 21.0 Å². The summed E-state index contributed by atoms with van der Waals surface area (Å²) in [5, 5.41) is 0. The van der Waals surface area contributed by atoms with Gasteiger partial charge in [-0.25, -0.2) is 4.21 Å². The Labute approximate surface area is 80.5 Å². The van der Waals surface area contributed by atoms with E-state index >= 15 is 0 Å². The van der Waals surface area contributed by atoms with Gasteiger partial charge in [0.2, 0.25) is 0 Å². The molecule has 0 saturated heterocycles. The predicted molar refractivity (Wildman–Crippen MR) is 52.0 cm³/mol. The third-order valence-electron chi connectivity index (χ3n) is 0.350. The maximum atomic E-state index is 10.1. The first-order valence-corrected chi connectivity index (χ1v) is 6.95. The molecule has 1 unspecified atom stereocenters. The minimum atomic E-state index is -4.10. The zero-order valence-electron chi connectivity index (χ0n) is 8.05. The van der Waals surface area contributed by atoms with Crippen molar-refractivity contribution in [3.8, 4) is 0 Å². The summed E-state index contributed by atoms with van der Waals surface area (Å²) < 4.78 is 44.8. The first-order chi connectivity index (χ1) is 5.54. The monoisotopic (exact) mass is 236 g/mol. The van der Waals surface area contributed by atoms with E-state index in [9.17, 15) is 8.42 Å². The highest BCUT2D eigenvalue weighted by atomic mass is 32.3. The third-order valence-corrected chi connectivity index (χ3v) is 1.05. The Balaban J connectivity index is 0. The standard InChI is InChI=1S/C3H8O3S.C2H8O3S/c1-3-6-7(4)5-2;1-6(2,3,4)5/h3H2,1-2H3;1-2H3,(H2,3,4,5). The summed E-state index contributed by atoms with van der Waals surface area (Å²) in [6, 6.07) is 0. The fourth-order valence-electron chi connectivity index (χ4n) is 0.144. The molecule has 0 radical (unpaired) electrons. The van der Waals surface area contributed by atoms with Gasteiger partial charge in [-0.2, -0.15) is 4.21 Å². The second-order valence-corrected chi connectivity index (χ2v) is 6.86. The van der Waals surface area contributed by atoms with Crippen LogP contribution in [0.15, 0.2) is 0 Å². The van der Waals surface area contributed by atoms with Crippen molar-refractivity contribution in [2.24, 2.45) is 0 Å². The SMILES string of the molecule is CCOS(=O)OC.CS(C)(=O)(O)O. The molecule has 0 aromatic rings. The Kier molecular flexibility index (Phi) is 6.94. The van der Waals surface area contributed by atoms with Crippen LogP contribution in [0.25, 0.3) is 0 Å². The molecule has 6 nitrogen and oxygen atoms in total. The van der Waals surface area contributed by atoms with Crippen LogP contribution in [0, 0.1) is 0 Å². The molecule has 0 saturated carbocycles. The lowest BCUT2D eigenvalue weighted by atomic mass is 10.9. The molecule has 0 spiro atoms. The summed E-state index contributed by atoms with van der Waals surface area (Å²) in [6.45, 7) is 2.16. The van der Waals surface area contributed by atoms with Crippen molar-refractivity contribution < 1.29 is 25.9 Å². The fraction of sp³-hybridized carbons (Fsp3) is 1.00. The summed E-state index contributed by atoms with van der Waals surface area (Å²) in [6.07, 6.45) is 1.74. The molecule has 0 fully saturated rings. The first kappa shape index (κ1) is 15.6. The number of hydrogen-bond donors (Lipinski definition) is 2. The maximum Gasteiger partial charge on any atom is 0.304 e. The Morgan fingerprint density at radius 3 is 1.77 bits per heavy atom. The van der Waals surface area contributed by atoms with Gasteiger partial charge in [0.05, 0.1) is 23.3 Å². The second kappa shape index (κ2) is 5.78. The summed E-state index contributed by atoms with van der Waals surface area (Å²) in [5.41, 5.74) is 0. The van der Waals surface area contributed by atoms with Crippen LogP contribution in [0.5, 0.6) is 0 Å². The number of hydrogen-bond acceptors (Lipinski definition) is 4. The molecule has 0 aliphatic carbocycles. The van der Waals surface area contributed by atoms with Gasteiger partial charge < -0.3 is 9.11 Å². The van der Waals surface area contributed by atoms with Crippen LogP contribution >= 0.6 is 0 Å². The molecule has 0 rings (SSSR count). The second-order valence-electron chi connectivity index (χ2n) is 2.48. The number of rotatable bonds is 3. The Bertz CT molecular complexity index is 196. The van der Waals surface area contributed by atoms with Crippen molar-refractivity contribution in [2.75, 3.05) is 26.2 Å². The zero-order valence-corrected chi connectivity index (χ0v) is 9.68. The molecule has 0 aromatic carbocycles. The fourth-order valence-corrected chi connectivity index (χ4v) is 0.433. The molecule has 0 heterocycles.